The molecule has 2 saturated heterocycles. The van der Waals surface area contributed by atoms with Gasteiger partial charge in [0.05, 0.1) is 7.11 Å². The van der Waals surface area contributed by atoms with E-state index in [0.717, 1.165) is 35.7 Å². The lowest BCUT2D eigenvalue weighted by molar-refractivity contribution is -0.123. The Morgan fingerprint density at radius 2 is 2.00 bits per heavy atom. The van der Waals surface area contributed by atoms with Crippen LogP contribution in [-0.4, -0.2) is 29.9 Å². The van der Waals surface area contributed by atoms with Gasteiger partial charge in [0.15, 0.2) is 0 Å². The molecule has 3 nitrogen and oxygen atoms in total. The van der Waals surface area contributed by atoms with Crippen molar-refractivity contribution in [3.05, 3.63) is 28.8 Å². The molecule has 0 amide bonds. The fourth-order valence-electron chi connectivity index (χ4n) is 3.39. The number of hydrogen-bond donors (Lipinski definition) is 0. The molecule has 2 aliphatic heterocycles. The third-order valence-corrected chi connectivity index (χ3v) is 4.69. The summed E-state index contributed by atoms with van der Waals surface area (Å²) in [5, 5.41) is 0.746. The number of ether oxygens (including phenoxy) is 1. The molecule has 2 atom stereocenters. The van der Waals surface area contributed by atoms with Gasteiger partial charge in [0.2, 0.25) is 0 Å². The van der Waals surface area contributed by atoms with E-state index in [-0.39, 0.29) is 0 Å². The number of ketones is 1. The topological polar surface area (TPSA) is 29.5 Å². The molecule has 0 spiro atoms. The molecular formula is C15H18ClNO2. The number of methoxy groups -OCH3 is 1. The molecule has 0 aromatic heterocycles. The molecule has 0 N–H and O–H groups in total. The van der Waals surface area contributed by atoms with Crippen LogP contribution in [0.4, 0.5) is 0 Å². The van der Waals surface area contributed by atoms with Crippen molar-refractivity contribution in [1.82, 2.24) is 4.90 Å². The van der Waals surface area contributed by atoms with E-state index in [1.807, 2.05) is 18.2 Å². The molecule has 2 aliphatic rings. The Morgan fingerprint density at radius 3 is 2.63 bits per heavy atom. The van der Waals surface area contributed by atoms with E-state index in [1.54, 1.807) is 7.11 Å². The van der Waals surface area contributed by atoms with Gasteiger partial charge in [-0.05, 0) is 25.0 Å². The van der Waals surface area contributed by atoms with E-state index in [4.69, 9.17) is 16.3 Å². The molecule has 2 fully saturated rings. The van der Waals surface area contributed by atoms with E-state index in [0.29, 0.717) is 30.7 Å². The zero-order valence-corrected chi connectivity index (χ0v) is 11.8. The van der Waals surface area contributed by atoms with Crippen LogP contribution in [0.2, 0.25) is 5.02 Å². The molecule has 0 radical (unpaired) electrons. The first kappa shape index (κ1) is 12.9. The molecule has 2 bridgehead atoms. The zero-order chi connectivity index (χ0) is 13.4. The van der Waals surface area contributed by atoms with Crippen molar-refractivity contribution >= 4 is 17.4 Å². The van der Waals surface area contributed by atoms with Crippen LogP contribution >= 0.6 is 11.6 Å². The van der Waals surface area contributed by atoms with Crippen LogP contribution in [-0.2, 0) is 11.3 Å². The number of rotatable bonds is 3. The first-order valence-corrected chi connectivity index (χ1v) is 7.15. The Balaban J connectivity index is 1.84. The number of nitrogens with zero attached hydrogens (tertiary/aromatic N) is 1. The molecule has 2 unspecified atom stereocenters. The van der Waals surface area contributed by atoms with E-state index >= 15 is 0 Å². The highest BCUT2D eigenvalue weighted by Gasteiger charge is 2.40. The fraction of sp³-hybridized carbons (Fsp3) is 0.533. The minimum Gasteiger partial charge on any atom is -0.496 e. The number of Topliss-reactive ketones (excluding diaryl/α,β-unsaturated/α-hetero) is 1. The lowest BCUT2D eigenvalue weighted by Gasteiger charge is -2.34. The summed E-state index contributed by atoms with van der Waals surface area (Å²) in [6.45, 7) is 0.783. The first-order chi connectivity index (χ1) is 9.19. The maximum atomic E-state index is 11.6. The summed E-state index contributed by atoms with van der Waals surface area (Å²) >= 11 is 6.30. The van der Waals surface area contributed by atoms with Crippen molar-refractivity contribution in [3.63, 3.8) is 0 Å². The number of benzene rings is 1. The standard InChI is InChI=1S/C15H18ClNO2/c1-19-15-4-2-3-14(16)13(15)9-17-10-5-6-11(17)8-12(18)7-10/h2-4,10-11H,5-9H2,1H3. The highest BCUT2D eigenvalue weighted by molar-refractivity contribution is 6.31. The average molecular weight is 280 g/mol. The molecular weight excluding hydrogens is 262 g/mol. The van der Waals surface area contributed by atoms with Crippen molar-refractivity contribution in [2.24, 2.45) is 0 Å². The number of carbonyl (C=O) groups is 1. The first-order valence-electron chi connectivity index (χ1n) is 6.78. The Bertz CT molecular complexity index is 487. The molecule has 1 aromatic rings. The number of halogens is 1. The van der Waals surface area contributed by atoms with Crippen LogP contribution in [0.5, 0.6) is 5.75 Å². The van der Waals surface area contributed by atoms with Crippen molar-refractivity contribution < 1.29 is 9.53 Å². The average Bonchev–Trinajstić information content (AvgIpc) is 2.63. The SMILES string of the molecule is COc1cccc(Cl)c1CN1C2CCC1CC(=O)C2. The van der Waals surface area contributed by atoms with E-state index in [2.05, 4.69) is 4.90 Å². The van der Waals surface area contributed by atoms with Crippen molar-refractivity contribution in [1.29, 1.82) is 0 Å². The number of carbonyl (C=O) groups excluding carboxylic acids is 1. The summed E-state index contributed by atoms with van der Waals surface area (Å²) in [4.78, 5) is 14.1. The van der Waals surface area contributed by atoms with E-state index < -0.39 is 0 Å². The highest BCUT2D eigenvalue weighted by Crippen LogP contribution is 2.37. The minimum atomic E-state index is 0.396. The molecule has 3 rings (SSSR count). The summed E-state index contributed by atoms with van der Waals surface area (Å²) in [6.07, 6.45) is 3.65. The summed E-state index contributed by atoms with van der Waals surface area (Å²) < 4.78 is 5.40. The summed E-state index contributed by atoms with van der Waals surface area (Å²) in [5.74, 6) is 1.25. The van der Waals surface area contributed by atoms with Gasteiger partial charge in [-0.2, -0.15) is 0 Å². The van der Waals surface area contributed by atoms with Crippen LogP contribution in [0, 0.1) is 0 Å². The molecule has 0 saturated carbocycles. The van der Waals surface area contributed by atoms with Gasteiger partial charge in [-0.25, -0.2) is 0 Å². The molecule has 0 aliphatic carbocycles. The van der Waals surface area contributed by atoms with Gasteiger partial charge < -0.3 is 4.74 Å². The maximum absolute atomic E-state index is 11.6. The molecule has 4 heteroatoms. The van der Waals surface area contributed by atoms with Crippen LogP contribution in [0.1, 0.15) is 31.2 Å². The Hall–Kier alpha value is -1.06. The second kappa shape index (κ2) is 5.14. The largest absolute Gasteiger partial charge is 0.496 e. The Labute approximate surface area is 118 Å². The molecule has 19 heavy (non-hydrogen) atoms. The van der Waals surface area contributed by atoms with Gasteiger partial charge in [-0.1, -0.05) is 17.7 Å². The van der Waals surface area contributed by atoms with Gasteiger partial charge in [0, 0.05) is 42.1 Å². The normalized spacial score (nSPS) is 26.7. The van der Waals surface area contributed by atoms with Crippen LogP contribution in [0.3, 0.4) is 0 Å². The van der Waals surface area contributed by atoms with Gasteiger partial charge in [0.1, 0.15) is 11.5 Å². The lowest BCUT2D eigenvalue weighted by atomic mass is 10.0. The second-order valence-corrected chi connectivity index (χ2v) is 5.83. The fourth-order valence-corrected chi connectivity index (χ4v) is 3.61. The predicted molar refractivity (Wildman–Crippen MR) is 74.6 cm³/mol. The monoisotopic (exact) mass is 279 g/mol. The summed E-state index contributed by atoms with van der Waals surface area (Å²) in [6, 6.07) is 6.53. The van der Waals surface area contributed by atoms with Gasteiger partial charge in [-0.15, -0.1) is 0 Å². The van der Waals surface area contributed by atoms with E-state index in [1.165, 1.54) is 0 Å². The quantitative estimate of drug-likeness (QED) is 0.852. The molecule has 102 valence electrons. The van der Waals surface area contributed by atoms with Crippen LogP contribution in [0.15, 0.2) is 18.2 Å². The number of hydrogen-bond acceptors (Lipinski definition) is 3. The zero-order valence-electron chi connectivity index (χ0n) is 11.1. The van der Waals surface area contributed by atoms with Crippen molar-refractivity contribution in [3.8, 4) is 5.75 Å². The Kier molecular flexibility index (Phi) is 3.50. The maximum Gasteiger partial charge on any atom is 0.136 e. The second-order valence-electron chi connectivity index (χ2n) is 5.42. The lowest BCUT2D eigenvalue weighted by Crippen LogP contribution is -2.42. The smallest absolute Gasteiger partial charge is 0.136 e. The Morgan fingerprint density at radius 1 is 1.32 bits per heavy atom. The minimum absolute atomic E-state index is 0.396. The third kappa shape index (κ3) is 2.37. The van der Waals surface area contributed by atoms with Crippen molar-refractivity contribution in [2.75, 3.05) is 7.11 Å². The number of piperidine rings is 1. The summed E-state index contributed by atoms with van der Waals surface area (Å²) in [5.41, 5.74) is 1.04. The van der Waals surface area contributed by atoms with Crippen LogP contribution < -0.4 is 4.74 Å². The predicted octanol–water partition coefficient (Wildman–Crippen LogP) is 3.04. The van der Waals surface area contributed by atoms with Gasteiger partial charge in [0.25, 0.3) is 0 Å². The molecule has 2 heterocycles. The summed E-state index contributed by atoms with van der Waals surface area (Å²) in [7, 11) is 1.67. The third-order valence-electron chi connectivity index (χ3n) is 4.33. The van der Waals surface area contributed by atoms with Crippen molar-refractivity contribution in [2.45, 2.75) is 44.3 Å². The highest BCUT2D eigenvalue weighted by atomic mass is 35.5. The van der Waals surface area contributed by atoms with Gasteiger partial charge in [-0.3, -0.25) is 9.69 Å². The van der Waals surface area contributed by atoms with Gasteiger partial charge >= 0.3 is 0 Å². The van der Waals surface area contributed by atoms with Crippen LogP contribution in [0.25, 0.3) is 0 Å². The number of fused-ring (bicyclic) bond motifs is 2. The van der Waals surface area contributed by atoms with E-state index in [9.17, 15) is 4.79 Å². The molecule has 1 aromatic carbocycles.